The van der Waals surface area contributed by atoms with E-state index in [0.29, 0.717) is 12.6 Å². The molecule has 1 aromatic rings. The van der Waals surface area contributed by atoms with Crippen LogP contribution in [0.5, 0.6) is 0 Å². The second kappa shape index (κ2) is 4.42. The van der Waals surface area contributed by atoms with Crippen molar-refractivity contribution in [2.24, 2.45) is 5.73 Å². The molecule has 14 heavy (non-hydrogen) atoms. The molecule has 0 spiro atoms. The maximum Gasteiger partial charge on any atom is 0.0456 e. The van der Waals surface area contributed by atoms with Crippen LogP contribution in [0.2, 0.25) is 0 Å². The Morgan fingerprint density at radius 3 is 2.29 bits per heavy atom. The largest absolute Gasteiger partial charge is 0.370 e. The van der Waals surface area contributed by atoms with E-state index in [1.54, 1.807) is 0 Å². The smallest absolute Gasteiger partial charge is 0.0456 e. The zero-order chi connectivity index (χ0) is 10.7. The van der Waals surface area contributed by atoms with Gasteiger partial charge in [-0.3, -0.25) is 4.98 Å². The van der Waals surface area contributed by atoms with Crippen molar-refractivity contribution in [1.29, 1.82) is 0 Å². The summed E-state index contributed by atoms with van der Waals surface area (Å²) in [7, 11) is 2.08. The van der Waals surface area contributed by atoms with Crippen molar-refractivity contribution >= 4 is 5.69 Å². The first-order chi connectivity index (χ1) is 6.57. The van der Waals surface area contributed by atoms with Crippen LogP contribution in [-0.4, -0.2) is 24.6 Å². The number of nitrogens with zero attached hydrogens (tertiary/aromatic N) is 2. The van der Waals surface area contributed by atoms with E-state index in [0.717, 1.165) is 0 Å². The lowest BCUT2D eigenvalue weighted by molar-refractivity contribution is 0.691. The first-order valence-electron chi connectivity index (χ1n) is 4.92. The molecule has 0 saturated carbocycles. The fourth-order valence-corrected chi connectivity index (χ4v) is 1.63. The number of aryl methyl sites for hydroxylation is 2. The molecule has 2 N–H and O–H groups in total. The second-order valence-electron chi connectivity index (χ2n) is 3.82. The van der Waals surface area contributed by atoms with E-state index < -0.39 is 0 Å². The zero-order valence-electron chi connectivity index (χ0n) is 9.41. The highest BCUT2D eigenvalue weighted by molar-refractivity contribution is 5.57. The summed E-state index contributed by atoms with van der Waals surface area (Å²) >= 11 is 0. The van der Waals surface area contributed by atoms with Crippen LogP contribution in [0.15, 0.2) is 12.4 Å². The number of rotatable bonds is 3. The van der Waals surface area contributed by atoms with Gasteiger partial charge in [-0.05, 0) is 31.9 Å². The Hall–Kier alpha value is -1.09. The predicted molar refractivity (Wildman–Crippen MR) is 60.6 cm³/mol. The lowest BCUT2D eigenvalue weighted by Crippen LogP contribution is -2.36. The van der Waals surface area contributed by atoms with Crippen molar-refractivity contribution in [2.75, 3.05) is 18.5 Å². The van der Waals surface area contributed by atoms with Crippen LogP contribution in [0.25, 0.3) is 0 Å². The number of anilines is 1. The zero-order valence-corrected chi connectivity index (χ0v) is 9.41. The molecule has 0 bridgehead atoms. The van der Waals surface area contributed by atoms with Gasteiger partial charge < -0.3 is 10.6 Å². The molecule has 1 atom stereocenters. The highest BCUT2D eigenvalue weighted by Crippen LogP contribution is 2.23. The number of hydrogen-bond donors (Lipinski definition) is 1. The Morgan fingerprint density at radius 1 is 1.36 bits per heavy atom. The molecule has 3 heteroatoms. The minimum Gasteiger partial charge on any atom is -0.370 e. The van der Waals surface area contributed by atoms with E-state index in [4.69, 9.17) is 5.73 Å². The van der Waals surface area contributed by atoms with Crippen molar-refractivity contribution in [3.8, 4) is 0 Å². The van der Waals surface area contributed by atoms with Crippen LogP contribution in [0.4, 0.5) is 5.69 Å². The highest BCUT2D eigenvalue weighted by Gasteiger charge is 2.12. The van der Waals surface area contributed by atoms with Gasteiger partial charge >= 0.3 is 0 Å². The van der Waals surface area contributed by atoms with Gasteiger partial charge in [0.15, 0.2) is 0 Å². The van der Waals surface area contributed by atoms with Gasteiger partial charge in [0.25, 0.3) is 0 Å². The molecule has 1 aromatic heterocycles. The standard InChI is InChI=1S/C11H19N3/c1-8-6-13-7-9(2)11(8)14(4)10(3)5-12/h6-7,10H,5,12H2,1-4H3. The minimum atomic E-state index is 0.356. The van der Waals surface area contributed by atoms with Crippen LogP contribution < -0.4 is 10.6 Å². The van der Waals surface area contributed by atoms with Gasteiger partial charge in [-0.25, -0.2) is 0 Å². The molecule has 0 aliphatic rings. The van der Waals surface area contributed by atoms with Gasteiger partial charge in [0.2, 0.25) is 0 Å². The Labute approximate surface area is 85.9 Å². The van der Waals surface area contributed by atoms with Crippen LogP contribution in [-0.2, 0) is 0 Å². The Bertz CT molecular complexity index is 289. The van der Waals surface area contributed by atoms with Gasteiger partial charge in [-0.1, -0.05) is 0 Å². The predicted octanol–water partition coefficient (Wildman–Crippen LogP) is 1.48. The third-order valence-electron chi connectivity index (χ3n) is 2.64. The number of aromatic nitrogens is 1. The average molecular weight is 193 g/mol. The average Bonchev–Trinajstić information content (AvgIpc) is 2.16. The fourth-order valence-electron chi connectivity index (χ4n) is 1.63. The summed E-state index contributed by atoms with van der Waals surface area (Å²) in [6.07, 6.45) is 3.78. The summed E-state index contributed by atoms with van der Waals surface area (Å²) in [5.74, 6) is 0. The van der Waals surface area contributed by atoms with Crippen LogP contribution in [0, 0.1) is 13.8 Å². The molecule has 0 amide bonds. The summed E-state index contributed by atoms with van der Waals surface area (Å²) in [6, 6.07) is 0.356. The first-order valence-corrected chi connectivity index (χ1v) is 4.92. The number of pyridine rings is 1. The maximum atomic E-state index is 5.65. The second-order valence-corrected chi connectivity index (χ2v) is 3.82. The van der Waals surface area contributed by atoms with E-state index in [9.17, 15) is 0 Å². The van der Waals surface area contributed by atoms with E-state index in [2.05, 4.69) is 37.7 Å². The Kier molecular flexibility index (Phi) is 3.47. The lowest BCUT2D eigenvalue weighted by Gasteiger charge is -2.28. The molecule has 1 rings (SSSR count). The number of hydrogen-bond acceptors (Lipinski definition) is 3. The van der Waals surface area contributed by atoms with Crippen molar-refractivity contribution in [3.63, 3.8) is 0 Å². The molecule has 0 fully saturated rings. The van der Waals surface area contributed by atoms with E-state index in [1.165, 1.54) is 16.8 Å². The van der Waals surface area contributed by atoms with Crippen molar-refractivity contribution in [3.05, 3.63) is 23.5 Å². The van der Waals surface area contributed by atoms with Crippen LogP contribution in [0.3, 0.4) is 0 Å². The Morgan fingerprint density at radius 2 is 1.86 bits per heavy atom. The molecule has 78 valence electrons. The molecule has 0 radical (unpaired) electrons. The van der Waals surface area contributed by atoms with Gasteiger partial charge in [0.05, 0.1) is 0 Å². The normalized spacial score (nSPS) is 12.6. The molecule has 0 aliphatic heterocycles. The Balaban J connectivity index is 3.05. The van der Waals surface area contributed by atoms with E-state index in [1.807, 2.05) is 12.4 Å². The maximum absolute atomic E-state index is 5.65. The van der Waals surface area contributed by atoms with E-state index in [-0.39, 0.29) is 0 Å². The van der Waals surface area contributed by atoms with Gasteiger partial charge in [-0.15, -0.1) is 0 Å². The fraction of sp³-hybridized carbons (Fsp3) is 0.545. The van der Waals surface area contributed by atoms with Crippen molar-refractivity contribution in [1.82, 2.24) is 4.98 Å². The van der Waals surface area contributed by atoms with E-state index >= 15 is 0 Å². The first kappa shape index (κ1) is 11.0. The SMILES string of the molecule is Cc1cncc(C)c1N(C)C(C)CN. The summed E-state index contributed by atoms with van der Waals surface area (Å²) in [6.45, 7) is 6.95. The van der Waals surface area contributed by atoms with Crippen LogP contribution >= 0.6 is 0 Å². The molecule has 0 saturated heterocycles. The summed E-state index contributed by atoms with van der Waals surface area (Å²) in [5, 5.41) is 0. The summed E-state index contributed by atoms with van der Waals surface area (Å²) < 4.78 is 0. The summed E-state index contributed by atoms with van der Waals surface area (Å²) in [5.41, 5.74) is 9.30. The molecule has 0 aromatic carbocycles. The lowest BCUT2D eigenvalue weighted by atomic mass is 10.1. The van der Waals surface area contributed by atoms with Gasteiger partial charge in [0.1, 0.15) is 0 Å². The van der Waals surface area contributed by atoms with Crippen molar-refractivity contribution in [2.45, 2.75) is 26.8 Å². The number of likely N-dealkylation sites (N-methyl/N-ethyl adjacent to an activating group) is 1. The third-order valence-corrected chi connectivity index (χ3v) is 2.64. The summed E-state index contributed by atoms with van der Waals surface area (Å²) in [4.78, 5) is 6.37. The molecule has 0 aliphatic carbocycles. The van der Waals surface area contributed by atoms with Gasteiger partial charge in [-0.2, -0.15) is 0 Å². The third kappa shape index (κ3) is 2.04. The number of nitrogens with two attached hydrogens (primary N) is 1. The molecule has 1 unspecified atom stereocenters. The molecular weight excluding hydrogens is 174 g/mol. The topological polar surface area (TPSA) is 42.2 Å². The monoisotopic (exact) mass is 193 g/mol. The molecule has 1 heterocycles. The molecular formula is C11H19N3. The minimum absolute atomic E-state index is 0.356. The quantitative estimate of drug-likeness (QED) is 0.790. The van der Waals surface area contributed by atoms with Gasteiger partial charge in [0, 0.05) is 37.7 Å². The van der Waals surface area contributed by atoms with Crippen molar-refractivity contribution < 1.29 is 0 Å². The highest BCUT2D eigenvalue weighted by atomic mass is 15.1. The van der Waals surface area contributed by atoms with Crippen LogP contribution in [0.1, 0.15) is 18.1 Å². The molecule has 3 nitrogen and oxygen atoms in total.